The van der Waals surface area contributed by atoms with Gasteiger partial charge in [-0.1, -0.05) is 20.8 Å². The molecule has 82 valence electrons. The third-order valence-corrected chi connectivity index (χ3v) is 2.53. The van der Waals surface area contributed by atoms with Gasteiger partial charge >= 0.3 is 0 Å². The number of nitrogens with zero attached hydrogens (tertiary/aromatic N) is 1. The zero-order valence-electron chi connectivity index (χ0n) is 9.79. The van der Waals surface area contributed by atoms with Gasteiger partial charge < -0.3 is 0 Å². The van der Waals surface area contributed by atoms with Crippen LogP contribution in [0, 0.1) is 5.92 Å². The maximum atomic E-state index is 11.9. The molecule has 1 aromatic heterocycles. The largest absolute Gasteiger partial charge is 0.294 e. The Morgan fingerprint density at radius 2 is 2.20 bits per heavy atom. The number of carbonyl (C=O) groups excluding carboxylic acids is 1. The molecule has 1 aromatic rings. The normalized spacial score (nSPS) is 10.7. The summed E-state index contributed by atoms with van der Waals surface area (Å²) in [5, 5.41) is 0. The van der Waals surface area contributed by atoms with Crippen LogP contribution in [0.1, 0.15) is 49.5 Å². The zero-order chi connectivity index (χ0) is 11.3. The lowest BCUT2D eigenvalue weighted by atomic mass is 9.98. The fourth-order valence-corrected chi connectivity index (χ4v) is 1.54. The Morgan fingerprint density at radius 1 is 1.47 bits per heavy atom. The van der Waals surface area contributed by atoms with Gasteiger partial charge in [0, 0.05) is 24.4 Å². The second-order valence-corrected chi connectivity index (χ2v) is 4.24. The molecule has 0 unspecified atom stereocenters. The fourth-order valence-electron chi connectivity index (χ4n) is 1.54. The van der Waals surface area contributed by atoms with E-state index in [4.69, 9.17) is 0 Å². The quantitative estimate of drug-likeness (QED) is 0.690. The molecule has 0 fully saturated rings. The van der Waals surface area contributed by atoms with E-state index in [9.17, 15) is 4.79 Å². The Hall–Kier alpha value is -1.18. The molecule has 0 saturated heterocycles. The summed E-state index contributed by atoms with van der Waals surface area (Å²) in [6.45, 7) is 6.33. The standard InChI is InChI=1S/C13H19NO/c1-4-11-9-14-8-7-12(11)13(15)6-5-10(2)3/h7-10H,4-6H2,1-3H3. The Bertz CT molecular complexity index is 331. The van der Waals surface area contributed by atoms with Gasteiger partial charge in [-0.05, 0) is 30.4 Å². The first-order valence-electron chi connectivity index (χ1n) is 5.61. The third-order valence-electron chi connectivity index (χ3n) is 2.53. The minimum atomic E-state index is 0.253. The lowest BCUT2D eigenvalue weighted by Crippen LogP contribution is -2.05. The molecule has 1 heterocycles. The minimum Gasteiger partial charge on any atom is -0.294 e. The van der Waals surface area contributed by atoms with Gasteiger partial charge in [-0.15, -0.1) is 0 Å². The van der Waals surface area contributed by atoms with E-state index in [1.165, 1.54) is 0 Å². The summed E-state index contributed by atoms with van der Waals surface area (Å²) in [4.78, 5) is 15.9. The molecule has 0 saturated carbocycles. The molecular formula is C13H19NO. The van der Waals surface area contributed by atoms with E-state index < -0.39 is 0 Å². The lowest BCUT2D eigenvalue weighted by Gasteiger charge is -2.07. The van der Waals surface area contributed by atoms with E-state index in [-0.39, 0.29) is 5.78 Å². The predicted octanol–water partition coefficient (Wildman–Crippen LogP) is 3.26. The predicted molar refractivity (Wildman–Crippen MR) is 62.0 cm³/mol. The highest BCUT2D eigenvalue weighted by molar-refractivity contribution is 5.97. The van der Waals surface area contributed by atoms with Crippen molar-refractivity contribution in [3.63, 3.8) is 0 Å². The maximum absolute atomic E-state index is 11.9. The smallest absolute Gasteiger partial charge is 0.163 e. The van der Waals surface area contributed by atoms with Gasteiger partial charge in [0.15, 0.2) is 5.78 Å². The average molecular weight is 205 g/mol. The first kappa shape index (κ1) is 11.9. The summed E-state index contributed by atoms with van der Waals surface area (Å²) in [5.74, 6) is 0.837. The van der Waals surface area contributed by atoms with Gasteiger partial charge in [0.1, 0.15) is 0 Å². The summed E-state index contributed by atoms with van der Waals surface area (Å²) >= 11 is 0. The van der Waals surface area contributed by atoms with Crippen LogP contribution in [0.15, 0.2) is 18.5 Å². The number of hydrogen-bond donors (Lipinski definition) is 0. The van der Waals surface area contributed by atoms with E-state index >= 15 is 0 Å². The Labute approximate surface area is 91.7 Å². The third kappa shape index (κ3) is 3.46. The number of pyridine rings is 1. The molecule has 2 nitrogen and oxygen atoms in total. The van der Waals surface area contributed by atoms with Crippen molar-refractivity contribution in [2.75, 3.05) is 0 Å². The van der Waals surface area contributed by atoms with Gasteiger partial charge in [-0.2, -0.15) is 0 Å². The molecule has 0 amide bonds. The second-order valence-electron chi connectivity index (χ2n) is 4.24. The Balaban J connectivity index is 2.72. The minimum absolute atomic E-state index is 0.253. The summed E-state index contributed by atoms with van der Waals surface area (Å²) in [6.07, 6.45) is 5.97. The van der Waals surface area contributed by atoms with Gasteiger partial charge in [0.2, 0.25) is 0 Å². The van der Waals surface area contributed by atoms with Crippen molar-refractivity contribution in [2.24, 2.45) is 5.92 Å². The van der Waals surface area contributed by atoms with Crippen molar-refractivity contribution in [1.29, 1.82) is 0 Å². The summed E-state index contributed by atoms with van der Waals surface area (Å²) < 4.78 is 0. The molecule has 0 aliphatic heterocycles. The number of rotatable bonds is 5. The van der Waals surface area contributed by atoms with Crippen molar-refractivity contribution in [2.45, 2.75) is 40.0 Å². The number of aromatic nitrogens is 1. The average Bonchev–Trinajstić information content (AvgIpc) is 2.25. The van der Waals surface area contributed by atoms with E-state index in [2.05, 4.69) is 25.8 Å². The van der Waals surface area contributed by atoms with Crippen LogP contribution in [0.5, 0.6) is 0 Å². The Morgan fingerprint density at radius 3 is 2.80 bits per heavy atom. The molecule has 0 aromatic carbocycles. The molecule has 0 atom stereocenters. The maximum Gasteiger partial charge on any atom is 0.163 e. The van der Waals surface area contributed by atoms with Crippen molar-refractivity contribution >= 4 is 5.78 Å². The molecule has 0 aliphatic carbocycles. The van der Waals surface area contributed by atoms with Crippen LogP contribution in [0.2, 0.25) is 0 Å². The summed E-state index contributed by atoms with van der Waals surface area (Å²) in [6, 6.07) is 1.83. The molecule has 0 spiro atoms. The molecule has 0 aliphatic rings. The molecule has 1 rings (SSSR count). The molecule has 15 heavy (non-hydrogen) atoms. The van der Waals surface area contributed by atoms with E-state index in [0.29, 0.717) is 12.3 Å². The van der Waals surface area contributed by atoms with Crippen LogP contribution in [-0.4, -0.2) is 10.8 Å². The van der Waals surface area contributed by atoms with Crippen LogP contribution in [0.3, 0.4) is 0 Å². The van der Waals surface area contributed by atoms with Crippen molar-refractivity contribution in [3.05, 3.63) is 29.6 Å². The van der Waals surface area contributed by atoms with Crippen LogP contribution in [-0.2, 0) is 6.42 Å². The number of carbonyl (C=O) groups is 1. The SMILES string of the molecule is CCc1cnccc1C(=O)CCC(C)C. The topological polar surface area (TPSA) is 30.0 Å². The van der Waals surface area contributed by atoms with Crippen LogP contribution >= 0.6 is 0 Å². The lowest BCUT2D eigenvalue weighted by molar-refractivity contribution is 0.0974. The molecule has 2 heteroatoms. The van der Waals surface area contributed by atoms with E-state index in [1.807, 2.05) is 6.07 Å². The molecular weight excluding hydrogens is 186 g/mol. The first-order chi connectivity index (χ1) is 7.15. The molecule has 0 bridgehead atoms. The van der Waals surface area contributed by atoms with Crippen LogP contribution in [0.25, 0.3) is 0 Å². The zero-order valence-corrected chi connectivity index (χ0v) is 9.79. The molecule has 0 radical (unpaired) electrons. The van der Waals surface area contributed by atoms with Crippen molar-refractivity contribution in [3.8, 4) is 0 Å². The molecule has 0 N–H and O–H groups in total. The van der Waals surface area contributed by atoms with Gasteiger partial charge in [-0.3, -0.25) is 9.78 Å². The van der Waals surface area contributed by atoms with Gasteiger partial charge in [0.25, 0.3) is 0 Å². The van der Waals surface area contributed by atoms with Crippen LogP contribution in [0.4, 0.5) is 0 Å². The van der Waals surface area contributed by atoms with Gasteiger partial charge in [-0.25, -0.2) is 0 Å². The summed E-state index contributed by atoms with van der Waals surface area (Å²) in [7, 11) is 0. The van der Waals surface area contributed by atoms with E-state index in [1.54, 1.807) is 12.4 Å². The number of aryl methyl sites for hydroxylation is 1. The van der Waals surface area contributed by atoms with Crippen LogP contribution < -0.4 is 0 Å². The second kappa shape index (κ2) is 5.64. The first-order valence-corrected chi connectivity index (χ1v) is 5.61. The number of ketones is 1. The van der Waals surface area contributed by atoms with Crippen molar-refractivity contribution in [1.82, 2.24) is 4.98 Å². The van der Waals surface area contributed by atoms with E-state index in [0.717, 1.165) is 24.0 Å². The van der Waals surface area contributed by atoms with Gasteiger partial charge in [0.05, 0.1) is 0 Å². The monoisotopic (exact) mass is 205 g/mol. The summed E-state index contributed by atoms with van der Waals surface area (Å²) in [5.41, 5.74) is 1.92. The Kier molecular flexibility index (Phi) is 4.47. The highest BCUT2D eigenvalue weighted by Gasteiger charge is 2.10. The highest BCUT2D eigenvalue weighted by Crippen LogP contribution is 2.13. The highest BCUT2D eigenvalue weighted by atomic mass is 16.1. The number of Topliss-reactive ketones (excluding diaryl/α,β-unsaturated/α-hetero) is 1. The fraction of sp³-hybridized carbons (Fsp3) is 0.538. The van der Waals surface area contributed by atoms with Crippen molar-refractivity contribution < 1.29 is 4.79 Å². The number of hydrogen-bond acceptors (Lipinski definition) is 2.